The lowest BCUT2D eigenvalue weighted by Crippen LogP contribution is -1.92. The van der Waals surface area contributed by atoms with Crippen LogP contribution in [0.2, 0.25) is 0 Å². The molecule has 0 saturated heterocycles. The van der Waals surface area contributed by atoms with Crippen LogP contribution in [0.4, 0.5) is 0 Å². The Morgan fingerprint density at radius 3 is 2.50 bits per heavy atom. The van der Waals surface area contributed by atoms with Crippen molar-refractivity contribution in [2.75, 3.05) is 0 Å². The zero-order valence-electron chi connectivity index (χ0n) is 14.3. The van der Waals surface area contributed by atoms with Crippen LogP contribution in [0.5, 0.6) is 0 Å². The van der Waals surface area contributed by atoms with E-state index in [1.807, 2.05) is 41.4 Å². The maximum atomic E-state index is 4.70. The predicted molar refractivity (Wildman–Crippen MR) is 104 cm³/mol. The van der Waals surface area contributed by atoms with Gasteiger partial charge in [-0.05, 0) is 18.6 Å². The summed E-state index contributed by atoms with van der Waals surface area (Å²) in [6, 6.07) is 18.6. The Morgan fingerprint density at radius 2 is 1.62 bits per heavy atom. The van der Waals surface area contributed by atoms with Gasteiger partial charge in [0, 0.05) is 40.7 Å². The number of benzene rings is 2. The van der Waals surface area contributed by atoms with Crippen LogP contribution in [-0.2, 0) is 0 Å². The molecule has 0 spiro atoms. The number of hydrogen-bond donors (Lipinski definition) is 0. The topological polar surface area (TPSA) is 43.1 Å². The van der Waals surface area contributed by atoms with Gasteiger partial charge < -0.3 is 0 Å². The van der Waals surface area contributed by atoms with Gasteiger partial charge in [0.1, 0.15) is 0 Å². The van der Waals surface area contributed by atoms with Gasteiger partial charge >= 0.3 is 0 Å². The Morgan fingerprint density at radius 1 is 0.769 bits per heavy atom. The molecule has 2 aromatic carbocycles. The van der Waals surface area contributed by atoms with Crippen LogP contribution in [0.3, 0.4) is 0 Å². The van der Waals surface area contributed by atoms with Crippen molar-refractivity contribution in [3.8, 4) is 22.3 Å². The molecule has 4 nitrogen and oxygen atoms in total. The fourth-order valence-corrected chi connectivity index (χ4v) is 3.28. The minimum atomic E-state index is 0.832. The average Bonchev–Trinajstić information content (AvgIpc) is 3.11. The van der Waals surface area contributed by atoms with Crippen LogP contribution in [0, 0.1) is 6.92 Å². The first-order valence-corrected chi connectivity index (χ1v) is 8.54. The van der Waals surface area contributed by atoms with Crippen LogP contribution in [-0.4, -0.2) is 19.6 Å². The smallest absolute Gasteiger partial charge is 0.162 e. The standard InChI is InChI=1S/C22H16N4/c1-15-7-9-16(10-8-15)18-12-24-22-20(13-25-26(22)14-18)19-6-2-4-17-5-3-11-23-21(17)19/h2-14H,1H3. The molecule has 5 aromatic rings. The molecule has 0 amide bonds. The molecule has 0 bridgehead atoms. The lowest BCUT2D eigenvalue weighted by Gasteiger charge is -2.05. The number of aromatic nitrogens is 4. The van der Waals surface area contributed by atoms with Crippen LogP contribution in [0.15, 0.2) is 79.4 Å². The van der Waals surface area contributed by atoms with Gasteiger partial charge in [-0.1, -0.05) is 54.1 Å². The van der Waals surface area contributed by atoms with Crippen LogP contribution in [0.25, 0.3) is 38.8 Å². The Labute approximate surface area is 150 Å². The predicted octanol–water partition coefficient (Wildman–Crippen LogP) is 4.92. The molecular formula is C22H16N4. The molecule has 0 radical (unpaired) electrons. The average molecular weight is 336 g/mol. The van der Waals surface area contributed by atoms with Crippen molar-refractivity contribution in [1.29, 1.82) is 0 Å². The van der Waals surface area contributed by atoms with E-state index in [1.54, 1.807) is 0 Å². The highest BCUT2D eigenvalue weighted by Crippen LogP contribution is 2.30. The van der Waals surface area contributed by atoms with Gasteiger partial charge in [-0.3, -0.25) is 4.98 Å². The first-order chi connectivity index (χ1) is 12.8. The summed E-state index contributed by atoms with van der Waals surface area (Å²) in [5.74, 6) is 0. The quantitative estimate of drug-likeness (QED) is 0.459. The number of nitrogens with zero attached hydrogens (tertiary/aromatic N) is 4. The first-order valence-electron chi connectivity index (χ1n) is 8.54. The molecule has 26 heavy (non-hydrogen) atoms. The maximum absolute atomic E-state index is 4.70. The summed E-state index contributed by atoms with van der Waals surface area (Å²) in [6.07, 6.45) is 7.62. The van der Waals surface area contributed by atoms with Gasteiger partial charge in [0.15, 0.2) is 5.65 Å². The van der Waals surface area contributed by atoms with Crippen LogP contribution >= 0.6 is 0 Å². The monoisotopic (exact) mass is 336 g/mol. The third-order valence-corrected chi connectivity index (χ3v) is 4.66. The fraction of sp³-hybridized carbons (Fsp3) is 0.0455. The lowest BCUT2D eigenvalue weighted by atomic mass is 10.0. The minimum absolute atomic E-state index is 0.832. The van der Waals surface area contributed by atoms with E-state index in [1.165, 1.54) is 5.56 Å². The molecule has 0 aliphatic heterocycles. The van der Waals surface area contributed by atoms with E-state index in [2.05, 4.69) is 59.5 Å². The Kier molecular flexibility index (Phi) is 3.28. The highest BCUT2D eigenvalue weighted by molar-refractivity contribution is 5.96. The summed E-state index contributed by atoms with van der Waals surface area (Å²) in [6.45, 7) is 2.09. The maximum Gasteiger partial charge on any atom is 0.162 e. The Bertz CT molecular complexity index is 1230. The SMILES string of the molecule is Cc1ccc(-c2cnc3c(-c4cccc5cccnc45)cnn3c2)cc1. The first kappa shape index (κ1) is 14.8. The zero-order chi connectivity index (χ0) is 17.5. The van der Waals surface area contributed by atoms with Gasteiger partial charge in [-0.15, -0.1) is 0 Å². The summed E-state index contributed by atoms with van der Waals surface area (Å²) >= 11 is 0. The Balaban J connectivity index is 1.67. The second kappa shape index (κ2) is 5.77. The molecule has 3 aromatic heterocycles. The molecule has 0 aliphatic rings. The van der Waals surface area contributed by atoms with E-state index in [0.717, 1.165) is 38.8 Å². The molecule has 0 saturated carbocycles. The van der Waals surface area contributed by atoms with E-state index in [9.17, 15) is 0 Å². The normalized spacial score (nSPS) is 11.3. The number of fused-ring (bicyclic) bond motifs is 2. The van der Waals surface area contributed by atoms with Crippen molar-refractivity contribution in [3.63, 3.8) is 0 Å². The molecule has 5 rings (SSSR count). The highest BCUT2D eigenvalue weighted by atomic mass is 15.2. The van der Waals surface area contributed by atoms with Gasteiger partial charge in [0.05, 0.1) is 11.7 Å². The van der Waals surface area contributed by atoms with Gasteiger partial charge in [0.2, 0.25) is 0 Å². The third kappa shape index (κ3) is 2.35. The molecule has 0 fully saturated rings. The number of pyridine rings is 1. The highest BCUT2D eigenvalue weighted by Gasteiger charge is 2.12. The third-order valence-electron chi connectivity index (χ3n) is 4.66. The minimum Gasteiger partial charge on any atom is -0.256 e. The van der Waals surface area contributed by atoms with E-state index >= 15 is 0 Å². The van der Waals surface area contributed by atoms with Crippen LogP contribution < -0.4 is 0 Å². The lowest BCUT2D eigenvalue weighted by molar-refractivity contribution is 0.941. The second-order valence-corrected chi connectivity index (χ2v) is 6.42. The number of rotatable bonds is 2. The summed E-state index contributed by atoms with van der Waals surface area (Å²) in [5.41, 5.74) is 7.26. The van der Waals surface area contributed by atoms with Crippen molar-refractivity contribution in [2.24, 2.45) is 0 Å². The van der Waals surface area contributed by atoms with Gasteiger partial charge in [0.25, 0.3) is 0 Å². The van der Waals surface area contributed by atoms with Crippen molar-refractivity contribution >= 4 is 16.6 Å². The summed E-state index contributed by atoms with van der Waals surface area (Å²) < 4.78 is 1.84. The molecular weight excluding hydrogens is 320 g/mol. The largest absolute Gasteiger partial charge is 0.256 e. The van der Waals surface area contributed by atoms with Crippen LogP contribution in [0.1, 0.15) is 5.56 Å². The van der Waals surface area contributed by atoms with E-state index in [0.29, 0.717) is 0 Å². The number of hydrogen-bond acceptors (Lipinski definition) is 3. The van der Waals surface area contributed by atoms with Crippen molar-refractivity contribution in [1.82, 2.24) is 19.6 Å². The van der Waals surface area contributed by atoms with Crippen molar-refractivity contribution in [2.45, 2.75) is 6.92 Å². The Hall–Kier alpha value is -3.53. The van der Waals surface area contributed by atoms with E-state index in [4.69, 9.17) is 4.98 Å². The van der Waals surface area contributed by atoms with Crippen molar-refractivity contribution < 1.29 is 0 Å². The molecule has 3 heterocycles. The summed E-state index contributed by atoms with van der Waals surface area (Å²) in [5, 5.41) is 5.64. The molecule has 0 N–H and O–H groups in total. The summed E-state index contributed by atoms with van der Waals surface area (Å²) in [4.78, 5) is 9.25. The molecule has 4 heteroatoms. The number of aryl methyl sites for hydroxylation is 1. The van der Waals surface area contributed by atoms with E-state index in [-0.39, 0.29) is 0 Å². The summed E-state index contributed by atoms with van der Waals surface area (Å²) in [7, 11) is 0. The molecule has 0 atom stereocenters. The molecule has 0 unspecified atom stereocenters. The van der Waals surface area contributed by atoms with Crippen molar-refractivity contribution in [3.05, 3.63) is 84.9 Å². The fourth-order valence-electron chi connectivity index (χ4n) is 3.28. The van der Waals surface area contributed by atoms with Gasteiger partial charge in [-0.2, -0.15) is 5.10 Å². The van der Waals surface area contributed by atoms with Gasteiger partial charge in [-0.25, -0.2) is 9.50 Å². The molecule has 0 aliphatic carbocycles. The molecule has 124 valence electrons. The zero-order valence-corrected chi connectivity index (χ0v) is 14.3. The second-order valence-electron chi connectivity index (χ2n) is 6.42. The number of para-hydroxylation sites is 1. The van der Waals surface area contributed by atoms with E-state index < -0.39 is 0 Å².